The molecule has 0 aromatic heterocycles. The van der Waals surface area contributed by atoms with Crippen molar-refractivity contribution in [2.75, 3.05) is 0 Å². The van der Waals surface area contributed by atoms with Crippen molar-refractivity contribution in [3.63, 3.8) is 0 Å². The average Bonchev–Trinajstić information content (AvgIpc) is 2.78. The Morgan fingerprint density at radius 3 is 2.38 bits per heavy atom. The largest absolute Gasteiger partial charge is 0.438 e. The van der Waals surface area contributed by atoms with Crippen LogP contribution in [0.4, 0.5) is 13.2 Å². The molecular weight excluding hydrogens is 285 g/mol. The number of nitrogens with zero attached hydrogens (tertiary/aromatic N) is 2. The van der Waals surface area contributed by atoms with Crippen LogP contribution >= 0.6 is 0 Å². The zero-order valence-corrected chi connectivity index (χ0v) is 11.6. The van der Waals surface area contributed by atoms with E-state index in [0.29, 0.717) is 0 Å². The molecule has 0 saturated carbocycles. The number of hydrogen-bond donors (Lipinski definition) is 1. The van der Waals surface area contributed by atoms with Crippen LogP contribution in [-0.2, 0) is 0 Å². The lowest BCUT2D eigenvalue weighted by Gasteiger charge is -2.32. The number of rotatable bonds is 2. The molecule has 21 heavy (non-hydrogen) atoms. The summed E-state index contributed by atoms with van der Waals surface area (Å²) in [4.78, 5) is 12.2. The lowest BCUT2D eigenvalue weighted by molar-refractivity contribution is -0.297. The molecule has 0 fully saturated rings. The molecule has 1 aromatic carbocycles. The number of hydrazone groups is 1. The number of aliphatic hydroxyl groups is 1. The fourth-order valence-corrected chi connectivity index (χ4v) is 2.03. The van der Waals surface area contributed by atoms with Gasteiger partial charge in [-0.25, -0.2) is 0 Å². The summed E-state index contributed by atoms with van der Waals surface area (Å²) in [5, 5.41) is 13.9. The van der Waals surface area contributed by atoms with E-state index in [1.165, 1.54) is 24.3 Å². The number of amides is 1. The van der Waals surface area contributed by atoms with Crippen molar-refractivity contribution in [3.05, 3.63) is 35.9 Å². The van der Waals surface area contributed by atoms with Gasteiger partial charge in [0.15, 0.2) is 0 Å². The Kier molecular flexibility index (Phi) is 3.79. The first kappa shape index (κ1) is 15.5. The molecule has 2 rings (SSSR count). The maximum absolute atomic E-state index is 13.2. The molecule has 114 valence electrons. The Balaban J connectivity index is 2.44. The Bertz CT molecular complexity index is 569. The molecule has 0 radical (unpaired) electrons. The minimum atomic E-state index is -4.99. The summed E-state index contributed by atoms with van der Waals surface area (Å²) in [6.45, 7) is 3.32. The second-order valence-electron chi connectivity index (χ2n) is 5.22. The van der Waals surface area contributed by atoms with Crippen LogP contribution in [0.1, 0.15) is 30.6 Å². The molecule has 0 bridgehead atoms. The predicted octanol–water partition coefficient (Wildman–Crippen LogP) is 2.80. The maximum Gasteiger partial charge on any atom is 0.438 e. The van der Waals surface area contributed by atoms with Gasteiger partial charge in [-0.3, -0.25) is 4.79 Å². The van der Waals surface area contributed by atoms with Gasteiger partial charge in [-0.2, -0.15) is 23.3 Å². The lowest BCUT2D eigenvalue weighted by Crippen LogP contribution is -2.56. The molecule has 1 N–H and O–H groups in total. The fourth-order valence-electron chi connectivity index (χ4n) is 2.03. The van der Waals surface area contributed by atoms with Gasteiger partial charge in [-0.1, -0.05) is 32.0 Å². The molecule has 1 aliphatic heterocycles. The highest BCUT2D eigenvalue weighted by atomic mass is 19.4. The SMILES string of the molecule is CC(C)C1=NN(C(=O)c2ccccc2)C(O)(C(F)(F)F)C1. The molecular formula is C14H15F3N2O2. The van der Waals surface area contributed by atoms with E-state index in [1.807, 2.05) is 0 Å². The topological polar surface area (TPSA) is 52.9 Å². The van der Waals surface area contributed by atoms with E-state index in [-0.39, 0.29) is 22.2 Å². The average molecular weight is 300 g/mol. The van der Waals surface area contributed by atoms with Crippen molar-refractivity contribution in [3.8, 4) is 0 Å². The molecule has 7 heteroatoms. The van der Waals surface area contributed by atoms with E-state index in [2.05, 4.69) is 5.10 Å². The zero-order valence-electron chi connectivity index (χ0n) is 11.6. The normalized spacial score (nSPS) is 22.6. The zero-order chi connectivity index (χ0) is 15.8. The van der Waals surface area contributed by atoms with Crippen molar-refractivity contribution in [1.82, 2.24) is 5.01 Å². The first-order valence-corrected chi connectivity index (χ1v) is 6.43. The predicted molar refractivity (Wildman–Crippen MR) is 70.5 cm³/mol. The monoisotopic (exact) mass is 300 g/mol. The summed E-state index contributed by atoms with van der Waals surface area (Å²) >= 11 is 0. The molecule has 0 saturated heterocycles. The van der Waals surface area contributed by atoms with Gasteiger partial charge in [0.25, 0.3) is 11.6 Å². The van der Waals surface area contributed by atoms with E-state index in [9.17, 15) is 23.1 Å². The second kappa shape index (κ2) is 5.14. The van der Waals surface area contributed by atoms with Crippen molar-refractivity contribution in [2.24, 2.45) is 11.0 Å². The Morgan fingerprint density at radius 1 is 1.33 bits per heavy atom. The molecule has 1 heterocycles. The van der Waals surface area contributed by atoms with E-state index in [0.717, 1.165) is 0 Å². The minimum absolute atomic E-state index is 0.0360. The van der Waals surface area contributed by atoms with Gasteiger partial charge in [0.1, 0.15) is 0 Å². The third kappa shape index (κ3) is 2.65. The maximum atomic E-state index is 13.2. The summed E-state index contributed by atoms with van der Waals surface area (Å²) in [5.74, 6) is -1.28. The van der Waals surface area contributed by atoms with Crippen molar-refractivity contribution < 1.29 is 23.1 Å². The molecule has 1 unspecified atom stereocenters. The molecule has 1 atom stereocenters. The smallest absolute Gasteiger partial charge is 0.362 e. The number of alkyl halides is 3. The molecule has 0 spiro atoms. The van der Waals surface area contributed by atoms with Crippen LogP contribution < -0.4 is 0 Å². The highest BCUT2D eigenvalue weighted by Crippen LogP contribution is 2.41. The number of carbonyl (C=O) groups excluding carboxylic acids is 1. The number of halogens is 3. The fraction of sp³-hybridized carbons (Fsp3) is 0.429. The van der Waals surface area contributed by atoms with E-state index < -0.39 is 24.2 Å². The summed E-state index contributed by atoms with van der Waals surface area (Å²) in [5.41, 5.74) is -3.12. The van der Waals surface area contributed by atoms with Crippen LogP contribution in [0.15, 0.2) is 35.4 Å². The first-order valence-electron chi connectivity index (χ1n) is 6.43. The summed E-state index contributed by atoms with van der Waals surface area (Å²) < 4.78 is 39.6. The van der Waals surface area contributed by atoms with Crippen LogP contribution in [-0.4, -0.2) is 33.6 Å². The lowest BCUT2D eigenvalue weighted by atomic mass is 9.99. The van der Waals surface area contributed by atoms with E-state index in [4.69, 9.17) is 0 Å². The quantitative estimate of drug-likeness (QED) is 0.913. The Hall–Kier alpha value is -1.89. The van der Waals surface area contributed by atoms with E-state index >= 15 is 0 Å². The number of hydrogen-bond acceptors (Lipinski definition) is 3. The van der Waals surface area contributed by atoms with Crippen LogP contribution in [0.25, 0.3) is 0 Å². The Labute approximate surface area is 119 Å². The summed E-state index contributed by atoms with van der Waals surface area (Å²) in [6.07, 6.45) is -5.72. The van der Waals surface area contributed by atoms with Gasteiger partial charge in [-0.15, -0.1) is 0 Å². The van der Waals surface area contributed by atoms with Gasteiger partial charge in [0.05, 0.1) is 0 Å². The minimum Gasteiger partial charge on any atom is -0.362 e. The van der Waals surface area contributed by atoms with Gasteiger partial charge in [0, 0.05) is 17.7 Å². The Morgan fingerprint density at radius 2 is 1.90 bits per heavy atom. The van der Waals surface area contributed by atoms with Crippen LogP contribution in [0.3, 0.4) is 0 Å². The van der Waals surface area contributed by atoms with Crippen LogP contribution in [0.2, 0.25) is 0 Å². The van der Waals surface area contributed by atoms with Gasteiger partial charge >= 0.3 is 6.18 Å². The van der Waals surface area contributed by atoms with Crippen molar-refractivity contribution in [1.29, 1.82) is 0 Å². The molecule has 4 nitrogen and oxygen atoms in total. The van der Waals surface area contributed by atoms with Crippen LogP contribution in [0, 0.1) is 5.92 Å². The third-order valence-corrected chi connectivity index (χ3v) is 3.34. The second-order valence-corrected chi connectivity index (χ2v) is 5.22. The number of benzene rings is 1. The van der Waals surface area contributed by atoms with Gasteiger partial charge in [-0.05, 0) is 18.1 Å². The highest BCUT2D eigenvalue weighted by Gasteiger charge is 2.63. The van der Waals surface area contributed by atoms with Crippen molar-refractivity contribution >= 4 is 11.6 Å². The first-order chi connectivity index (χ1) is 9.67. The molecule has 1 aromatic rings. The summed E-state index contributed by atoms with van der Waals surface area (Å²) in [7, 11) is 0. The van der Waals surface area contributed by atoms with E-state index in [1.54, 1.807) is 19.9 Å². The van der Waals surface area contributed by atoms with Gasteiger partial charge in [0.2, 0.25) is 0 Å². The number of carbonyl (C=O) groups is 1. The molecule has 1 aliphatic rings. The standard InChI is InChI=1S/C14H15F3N2O2/c1-9(2)11-8-13(21,14(15,16)17)19(18-11)12(20)10-6-4-3-5-7-10/h3-7,9,21H,8H2,1-2H3. The van der Waals surface area contributed by atoms with Crippen molar-refractivity contribution in [2.45, 2.75) is 32.2 Å². The third-order valence-electron chi connectivity index (χ3n) is 3.34. The van der Waals surface area contributed by atoms with Crippen LogP contribution in [0.5, 0.6) is 0 Å². The van der Waals surface area contributed by atoms with Gasteiger partial charge < -0.3 is 5.11 Å². The summed E-state index contributed by atoms with van der Waals surface area (Å²) in [6, 6.07) is 7.45. The molecule has 0 aliphatic carbocycles. The highest BCUT2D eigenvalue weighted by molar-refractivity contribution is 5.98. The molecule has 1 amide bonds.